The van der Waals surface area contributed by atoms with E-state index in [1.165, 1.54) is 0 Å². The highest BCUT2D eigenvalue weighted by Crippen LogP contribution is 2.37. The average Bonchev–Trinajstić information content (AvgIpc) is 2.79. The van der Waals surface area contributed by atoms with Crippen molar-refractivity contribution in [2.75, 3.05) is 0 Å². The second-order valence-electron chi connectivity index (χ2n) is 6.06. The van der Waals surface area contributed by atoms with Crippen LogP contribution >= 0.6 is 0 Å². The Morgan fingerprint density at radius 2 is 1.81 bits per heavy atom. The van der Waals surface area contributed by atoms with Crippen molar-refractivity contribution in [2.24, 2.45) is 0 Å². The van der Waals surface area contributed by atoms with Crippen LogP contribution in [0.3, 0.4) is 0 Å². The Kier molecular flexibility index (Phi) is 4.03. The number of fused-ring (bicyclic) bond motifs is 1. The third-order valence-corrected chi connectivity index (χ3v) is 3.85. The summed E-state index contributed by atoms with van der Waals surface area (Å²) in [5.41, 5.74) is 1.03. The molecule has 2 saturated heterocycles. The number of aliphatic hydroxyl groups is 1. The lowest BCUT2D eigenvalue weighted by atomic mass is 10.00. The van der Waals surface area contributed by atoms with E-state index in [0.717, 1.165) is 5.56 Å². The molecule has 2 heterocycles. The lowest BCUT2D eigenvalue weighted by Gasteiger charge is -2.38. The minimum absolute atomic E-state index is 0.194. The fourth-order valence-electron chi connectivity index (χ4n) is 2.86. The van der Waals surface area contributed by atoms with Crippen LogP contribution in [0.2, 0.25) is 0 Å². The number of benzene rings is 1. The zero-order valence-electron chi connectivity index (χ0n) is 12.6. The molecule has 0 aromatic heterocycles. The van der Waals surface area contributed by atoms with Crippen molar-refractivity contribution in [1.82, 2.24) is 0 Å². The van der Waals surface area contributed by atoms with Gasteiger partial charge in [0.1, 0.15) is 18.3 Å². The summed E-state index contributed by atoms with van der Waals surface area (Å²) in [4.78, 5) is 0. The lowest BCUT2D eigenvalue weighted by molar-refractivity contribution is -0.277. The number of rotatable bonds is 3. The third-order valence-electron chi connectivity index (χ3n) is 3.85. The minimum Gasteiger partial charge on any atom is -0.385 e. The summed E-state index contributed by atoms with van der Waals surface area (Å²) in [5.74, 6) is -0.706. The summed E-state index contributed by atoms with van der Waals surface area (Å²) in [6, 6.07) is 9.80. The molecule has 21 heavy (non-hydrogen) atoms. The maximum atomic E-state index is 10.4. The Morgan fingerprint density at radius 3 is 2.52 bits per heavy atom. The fourth-order valence-corrected chi connectivity index (χ4v) is 2.86. The normalized spacial score (nSPS) is 38.2. The van der Waals surface area contributed by atoms with Gasteiger partial charge in [0, 0.05) is 0 Å². The molecular formula is C16H22O5. The summed E-state index contributed by atoms with van der Waals surface area (Å²) in [7, 11) is 0. The van der Waals surface area contributed by atoms with Gasteiger partial charge in [0.15, 0.2) is 12.1 Å². The molecule has 0 radical (unpaired) electrons. The van der Waals surface area contributed by atoms with E-state index in [-0.39, 0.29) is 12.2 Å². The third kappa shape index (κ3) is 3.12. The molecule has 0 unspecified atom stereocenters. The van der Waals surface area contributed by atoms with Crippen molar-refractivity contribution in [1.29, 1.82) is 0 Å². The second kappa shape index (κ2) is 5.66. The molecule has 5 heteroatoms. The van der Waals surface area contributed by atoms with Crippen LogP contribution in [0.4, 0.5) is 0 Å². The zero-order valence-corrected chi connectivity index (χ0v) is 12.6. The first-order valence-electron chi connectivity index (χ1n) is 7.31. The van der Waals surface area contributed by atoms with E-state index in [4.69, 9.17) is 18.9 Å². The van der Waals surface area contributed by atoms with Crippen molar-refractivity contribution in [3.63, 3.8) is 0 Å². The number of ether oxygens (including phenoxy) is 4. The topological polar surface area (TPSA) is 57.2 Å². The number of aliphatic hydroxyl groups excluding tert-OH is 1. The smallest absolute Gasteiger partial charge is 0.186 e. The highest BCUT2D eigenvalue weighted by atomic mass is 16.8. The first-order valence-corrected chi connectivity index (χ1v) is 7.31. The van der Waals surface area contributed by atoms with Gasteiger partial charge >= 0.3 is 0 Å². The van der Waals surface area contributed by atoms with E-state index in [1.54, 1.807) is 0 Å². The second-order valence-corrected chi connectivity index (χ2v) is 6.06. The van der Waals surface area contributed by atoms with Gasteiger partial charge in [-0.15, -0.1) is 0 Å². The molecule has 116 valence electrons. The van der Waals surface area contributed by atoms with Crippen LogP contribution in [0.5, 0.6) is 0 Å². The van der Waals surface area contributed by atoms with Crippen molar-refractivity contribution in [3.05, 3.63) is 35.9 Å². The molecule has 2 aliphatic rings. The van der Waals surface area contributed by atoms with Gasteiger partial charge in [0.25, 0.3) is 0 Å². The molecule has 5 atom stereocenters. The molecule has 2 fully saturated rings. The van der Waals surface area contributed by atoms with Crippen LogP contribution in [0.25, 0.3) is 0 Å². The molecule has 1 N–H and O–H groups in total. The highest BCUT2D eigenvalue weighted by Gasteiger charge is 2.53. The molecule has 1 aromatic carbocycles. The van der Waals surface area contributed by atoms with Crippen molar-refractivity contribution in [2.45, 2.75) is 63.9 Å². The Hall–Kier alpha value is -0.980. The quantitative estimate of drug-likeness (QED) is 0.921. The number of hydrogen-bond acceptors (Lipinski definition) is 5. The molecule has 2 aliphatic heterocycles. The first-order chi connectivity index (χ1) is 9.96. The molecule has 0 saturated carbocycles. The molecule has 0 spiro atoms. The molecular weight excluding hydrogens is 272 g/mol. The Balaban J connectivity index is 1.65. The van der Waals surface area contributed by atoms with Gasteiger partial charge in [-0.3, -0.25) is 0 Å². The Morgan fingerprint density at radius 1 is 1.14 bits per heavy atom. The van der Waals surface area contributed by atoms with Gasteiger partial charge in [-0.25, -0.2) is 0 Å². The number of hydrogen-bond donors (Lipinski definition) is 1. The van der Waals surface area contributed by atoms with E-state index >= 15 is 0 Å². The van der Waals surface area contributed by atoms with Crippen LogP contribution in [0, 0.1) is 0 Å². The van der Waals surface area contributed by atoms with Gasteiger partial charge in [0.05, 0.1) is 12.7 Å². The maximum absolute atomic E-state index is 10.4. The van der Waals surface area contributed by atoms with E-state index in [9.17, 15) is 5.11 Å². The predicted octanol–water partition coefficient (Wildman–Crippen LogP) is 1.83. The van der Waals surface area contributed by atoms with E-state index in [1.807, 2.05) is 51.1 Å². The average molecular weight is 294 g/mol. The van der Waals surface area contributed by atoms with Crippen LogP contribution in [-0.4, -0.2) is 41.6 Å². The fraction of sp³-hybridized carbons (Fsp3) is 0.625. The van der Waals surface area contributed by atoms with Crippen molar-refractivity contribution >= 4 is 0 Å². The standard InChI is InChI=1S/C16H22O5/c1-10-13-14(21-16(2,3)20-13)12(17)15(19-10)18-9-11-7-5-4-6-8-11/h4-8,10,12-15,17H,9H2,1-3H3/t10-,12-,13+,14-,15+/m1/s1. The van der Waals surface area contributed by atoms with Crippen LogP contribution < -0.4 is 0 Å². The van der Waals surface area contributed by atoms with Gasteiger partial charge < -0.3 is 24.1 Å². The van der Waals surface area contributed by atoms with Crippen LogP contribution in [0.15, 0.2) is 30.3 Å². The predicted molar refractivity (Wildman–Crippen MR) is 75.4 cm³/mol. The Labute approximate surface area is 124 Å². The van der Waals surface area contributed by atoms with Gasteiger partial charge in [0.2, 0.25) is 0 Å². The molecule has 1 aromatic rings. The molecule has 5 nitrogen and oxygen atoms in total. The summed E-state index contributed by atoms with van der Waals surface area (Å²) < 4.78 is 23.0. The maximum Gasteiger partial charge on any atom is 0.186 e. The van der Waals surface area contributed by atoms with Crippen LogP contribution in [0.1, 0.15) is 26.3 Å². The van der Waals surface area contributed by atoms with Crippen LogP contribution in [-0.2, 0) is 25.6 Å². The lowest BCUT2D eigenvalue weighted by Crippen LogP contribution is -2.55. The summed E-state index contributed by atoms with van der Waals surface area (Å²) in [5, 5.41) is 10.4. The molecule has 3 rings (SSSR count). The minimum atomic E-state index is -0.864. The molecule has 0 amide bonds. The summed E-state index contributed by atoms with van der Waals surface area (Å²) in [6.45, 7) is 5.97. The highest BCUT2D eigenvalue weighted by molar-refractivity contribution is 5.13. The monoisotopic (exact) mass is 294 g/mol. The van der Waals surface area contributed by atoms with E-state index < -0.39 is 24.3 Å². The van der Waals surface area contributed by atoms with Gasteiger partial charge in [-0.05, 0) is 26.3 Å². The Bertz CT molecular complexity index is 475. The van der Waals surface area contributed by atoms with E-state index in [0.29, 0.717) is 6.61 Å². The van der Waals surface area contributed by atoms with Crippen molar-refractivity contribution in [3.8, 4) is 0 Å². The largest absolute Gasteiger partial charge is 0.385 e. The van der Waals surface area contributed by atoms with E-state index in [2.05, 4.69) is 0 Å². The SMILES string of the molecule is C[C@H]1O[C@H](OCc2ccccc2)[C@H](O)[C@H]2OC(C)(C)O[C@H]21. The molecule has 0 bridgehead atoms. The summed E-state index contributed by atoms with van der Waals surface area (Å²) >= 11 is 0. The molecule has 0 aliphatic carbocycles. The summed E-state index contributed by atoms with van der Waals surface area (Å²) in [6.07, 6.45) is -2.47. The van der Waals surface area contributed by atoms with Gasteiger partial charge in [-0.2, -0.15) is 0 Å². The van der Waals surface area contributed by atoms with Gasteiger partial charge in [-0.1, -0.05) is 30.3 Å². The van der Waals surface area contributed by atoms with Crippen molar-refractivity contribution < 1.29 is 24.1 Å². The first kappa shape index (κ1) is 14.9. The zero-order chi connectivity index (χ0) is 15.0.